The molecule has 0 atom stereocenters. The van der Waals surface area contributed by atoms with E-state index in [9.17, 15) is 35.9 Å². The van der Waals surface area contributed by atoms with Crippen molar-refractivity contribution in [1.82, 2.24) is 15.1 Å². The smallest absolute Gasteiger partial charge is 0.490 e. The van der Waals surface area contributed by atoms with Crippen molar-refractivity contribution in [3.8, 4) is 5.75 Å². The van der Waals surface area contributed by atoms with E-state index in [1.165, 1.54) is 4.90 Å². The molecule has 1 aliphatic heterocycles. The predicted octanol–water partition coefficient (Wildman–Crippen LogP) is 3.81. The molecule has 0 unspecified atom stereocenters. The van der Waals surface area contributed by atoms with Gasteiger partial charge in [-0.25, -0.2) is 4.79 Å². The number of rotatable bonds is 7. The molecule has 0 bridgehead atoms. The van der Waals surface area contributed by atoms with Crippen molar-refractivity contribution in [3.63, 3.8) is 0 Å². The topological polar surface area (TPSA) is 99.2 Å². The summed E-state index contributed by atoms with van der Waals surface area (Å²) < 4.78 is 75.9. The highest BCUT2D eigenvalue weighted by atomic mass is 19.4. The maximum atomic E-state index is 13.2. The second-order valence-corrected chi connectivity index (χ2v) is 8.25. The molecule has 14 heteroatoms. The van der Waals surface area contributed by atoms with Gasteiger partial charge in [0.25, 0.3) is 5.91 Å². The molecule has 2 aromatic carbocycles. The van der Waals surface area contributed by atoms with Gasteiger partial charge in [-0.15, -0.1) is 0 Å². The van der Waals surface area contributed by atoms with Crippen LogP contribution in [0.15, 0.2) is 48.5 Å². The molecule has 1 fully saturated rings. The Kier molecular flexibility index (Phi) is 11.1. The van der Waals surface area contributed by atoms with Gasteiger partial charge in [0, 0.05) is 38.3 Å². The molecular weight excluding hydrogens is 536 g/mol. The molecule has 8 nitrogen and oxygen atoms in total. The van der Waals surface area contributed by atoms with Crippen LogP contribution in [-0.2, 0) is 22.3 Å². The van der Waals surface area contributed by atoms with Gasteiger partial charge in [-0.2, -0.15) is 26.3 Å². The van der Waals surface area contributed by atoms with Gasteiger partial charge in [0.15, 0.2) is 0 Å². The summed E-state index contributed by atoms with van der Waals surface area (Å²) in [4.78, 5) is 37.9. The number of carboxylic acid groups (broad SMARTS) is 1. The van der Waals surface area contributed by atoms with Crippen molar-refractivity contribution in [3.05, 3.63) is 65.2 Å². The normalized spacial score (nSPS) is 13.7. The lowest BCUT2D eigenvalue weighted by molar-refractivity contribution is -0.192. The molecule has 2 N–H and O–H groups in total. The second kappa shape index (κ2) is 13.8. The molecule has 1 saturated heterocycles. The molecule has 39 heavy (non-hydrogen) atoms. The number of alkyl halides is 6. The van der Waals surface area contributed by atoms with E-state index in [2.05, 4.69) is 5.32 Å². The van der Waals surface area contributed by atoms with Crippen LogP contribution in [0.1, 0.15) is 28.4 Å². The highest BCUT2D eigenvalue weighted by Gasteiger charge is 2.38. The summed E-state index contributed by atoms with van der Waals surface area (Å²) in [5, 5.41) is 10.3. The summed E-state index contributed by atoms with van der Waals surface area (Å²) in [5.74, 6) is -2.83. The largest absolute Gasteiger partial charge is 0.494 e. The zero-order chi connectivity index (χ0) is 29.2. The first kappa shape index (κ1) is 31.4. The van der Waals surface area contributed by atoms with E-state index in [0.717, 1.165) is 29.8 Å². The third kappa shape index (κ3) is 10.1. The lowest BCUT2D eigenvalue weighted by atomic mass is 10.1. The van der Waals surface area contributed by atoms with Crippen LogP contribution in [0.3, 0.4) is 0 Å². The van der Waals surface area contributed by atoms with E-state index in [1.54, 1.807) is 23.1 Å². The monoisotopic (exact) mass is 563 g/mol. The van der Waals surface area contributed by atoms with Crippen molar-refractivity contribution in [1.29, 1.82) is 0 Å². The highest BCUT2D eigenvalue weighted by Crippen LogP contribution is 2.29. The molecule has 1 aliphatic rings. The number of nitrogens with zero attached hydrogens (tertiary/aromatic N) is 2. The number of aliphatic carboxylic acids is 1. The molecule has 0 saturated carbocycles. The molecule has 0 aliphatic carbocycles. The van der Waals surface area contributed by atoms with Crippen LogP contribution in [0, 0.1) is 0 Å². The highest BCUT2D eigenvalue weighted by molar-refractivity contribution is 5.96. The lowest BCUT2D eigenvalue weighted by Crippen LogP contribution is -2.50. The van der Waals surface area contributed by atoms with Crippen LogP contribution >= 0.6 is 0 Å². The number of nitrogens with one attached hydrogen (secondary N) is 1. The summed E-state index contributed by atoms with van der Waals surface area (Å²) >= 11 is 0. The molecular formula is C25H27F6N3O5. The minimum Gasteiger partial charge on any atom is -0.494 e. The zero-order valence-electron chi connectivity index (χ0n) is 20.8. The van der Waals surface area contributed by atoms with Gasteiger partial charge in [0.2, 0.25) is 5.91 Å². The fourth-order valence-electron chi connectivity index (χ4n) is 3.48. The maximum Gasteiger partial charge on any atom is 0.490 e. The van der Waals surface area contributed by atoms with Crippen LogP contribution < -0.4 is 10.1 Å². The van der Waals surface area contributed by atoms with Crippen molar-refractivity contribution >= 4 is 17.8 Å². The summed E-state index contributed by atoms with van der Waals surface area (Å²) in [6, 6.07) is 11.2. The van der Waals surface area contributed by atoms with Gasteiger partial charge in [0.05, 0.1) is 12.2 Å². The van der Waals surface area contributed by atoms with Crippen LogP contribution in [-0.4, -0.2) is 78.2 Å². The molecule has 0 radical (unpaired) electrons. The lowest BCUT2D eigenvalue weighted by Gasteiger charge is -2.30. The molecule has 1 heterocycles. The molecule has 2 aromatic rings. The van der Waals surface area contributed by atoms with Crippen molar-refractivity contribution in [2.75, 3.05) is 39.3 Å². The molecule has 2 amide bonds. The first-order valence-corrected chi connectivity index (χ1v) is 11.7. The van der Waals surface area contributed by atoms with Crippen LogP contribution in [0.4, 0.5) is 26.3 Å². The number of piperazine rings is 1. The number of carboxylic acids is 1. The van der Waals surface area contributed by atoms with Gasteiger partial charge in [-0.1, -0.05) is 12.1 Å². The van der Waals surface area contributed by atoms with E-state index in [-0.39, 0.29) is 24.6 Å². The van der Waals surface area contributed by atoms with Crippen LogP contribution in [0.25, 0.3) is 0 Å². The summed E-state index contributed by atoms with van der Waals surface area (Å²) in [6.45, 7) is 4.74. The fourth-order valence-corrected chi connectivity index (χ4v) is 3.48. The number of carbonyl (C=O) groups is 3. The average Bonchev–Trinajstić information content (AvgIpc) is 2.88. The van der Waals surface area contributed by atoms with Crippen molar-refractivity contribution < 1.29 is 50.6 Å². The Balaban J connectivity index is 0.000000673. The number of amides is 2. The number of benzene rings is 2. The Labute approximate surface area is 220 Å². The first-order valence-electron chi connectivity index (χ1n) is 11.7. The van der Waals surface area contributed by atoms with Crippen LogP contribution in [0.5, 0.6) is 5.75 Å². The third-order valence-corrected chi connectivity index (χ3v) is 5.37. The van der Waals surface area contributed by atoms with E-state index < -0.39 is 29.8 Å². The third-order valence-electron chi connectivity index (χ3n) is 5.37. The van der Waals surface area contributed by atoms with Crippen molar-refractivity contribution in [2.24, 2.45) is 0 Å². The number of halogens is 6. The van der Waals surface area contributed by atoms with Crippen molar-refractivity contribution in [2.45, 2.75) is 25.8 Å². The van der Waals surface area contributed by atoms with E-state index in [4.69, 9.17) is 14.6 Å². The molecule has 0 spiro atoms. The molecule has 3 rings (SSSR count). The van der Waals surface area contributed by atoms with E-state index in [1.807, 2.05) is 13.0 Å². The van der Waals surface area contributed by atoms with Crippen LogP contribution in [0.2, 0.25) is 0 Å². The maximum absolute atomic E-state index is 13.2. The van der Waals surface area contributed by atoms with Gasteiger partial charge < -0.3 is 25.0 Å². The minimum atomic E-state index is -5.08. The first-order chi connectivity index (χ1) is 18.2. The molecule has 214 valence electrons. The SMILES string of the molecule is CCOc1cccc(CN(CC(=O)N2CCNCC2)C(=O)c2ccc(C(F)(F)F)cc2)c1.O=C(O)C(F)(F)F. The zero-order valence-corrected chi connectivity index (χ0v) is 20.8. The Hall–Kier alpha value is -3.81. The number of hydrogen-bond donors (Lipinski definition) is 2. The van der Waals surface area contributed by atoms with Gasteiger partial charge in [-0.3, -0.25) is 9.59 Å². The Morgan fingerprint density at radius 2 is 1.59 bits per heavy atom. The fraction of sp³-hybridized carbons (Fsp3) is 0.400. The summed E-state index contributed by atoms with van der Waals surface area (Å²) in [7, 11) is 0. The summed E-state index contributed by atoms with van der Waals surface area (Å²) in [5.41, 5.74) is 0.0123. The van der Waals surface area contributed by atoms with Gasteiger partial charge >= 0.3 is 18.3 Å². The Morgan fingerprint density at radius 3 is 2.10 bits per heavy atom. The number of carbonyl (C=O) groups excluding carboxylic acids is 2. The molecule has 0 aromatic heterocycles. The quantitative estimate of drug-likeness (QED) is 0.498. The Morgan fingerprint density at radius 1 is 1.00 bits per heavy atom. The minimum absolute atomic E-state index is 0.0899. The average molecular weight is 563 g/mol. The van der Waals surface area contributed by atoms with E-state index in [0.29, 0.717) is 38.5 Å². The Bertz CT molecular complexity index is 1120. The predicted molar refractivity (Wildman–Crippen MR) is 127 cm³/mol. The summed E-state index contributed by atoms with van der Waals surface area (Å²) in [6.07, 6.45) is -9.57. The number of hydrogen-bond acceptors (Lipinski definition) is 5. The number of ether oxygens (including phenoxy) is 1. The van der Waals surface area contributed by atoms with Gasteiger partial charge in [-0.05, 0) is 48.9 Å². The second-order valence-electron chi connectivity index (χ2n) is 8.25. The van der Waals surface area contributed by atoms with E-state index >= 15 is 0 Å². The standard InChI is InChI=1S/C23H26F3N3O3.C2HF3O2/c1-2-32-20-5-3-4-17(14-20)15-29(16-21(30)28-12-10-27-11-13-28)22(31)18-6-8-19(9-7-18)23(24,25)26;3-2(4,5)1(6)7/h3-9,14,27H,2,10-13,15-16H2,1H3;(H,6,7). The van der Waals surface area contributed by atoms with Gasteiger partial charge in [0.1, 0.15) is 12.3 Å².